The van der Waals surface area contributed by atoms with Crippen LogP contribution in [-0.4, -0.2) is 22.4 Å². The molecule has 0 bridgehead atoms. The number of nitro groups is 1. The fraction of sp³-hybridized carbons (Fsp3) is 0.200. The van der Waals surface area contributed by atoms with Crippen LogP contribution in [0.2, 0.25) is 0 Å². The van der Waals surface area contributed by atoms with Crippen LogP contribution in [0.5, 0.6) is 5.75 Å². The fourth-order valence-electron chi connectivity index (χ4n) is 2.66. The summed E-state index contributed by atoms with van der Waals surface area (Å²) in [6.45, 7) is 5.39. The summed E-state index contributed by atoms with van der Waals surface area (Å²) in [6, 6.07) is 12.4. The third kappa shape index (κ3) is 4.52. The van der Waals surface area contributed by atoms with Crippen molar-refractivity contribution < 1.29 is 14.5 Å². The molecule has 8 heteroatoms. The van der Waals surface area contributed by atoms with Gasteiger partial charge in [-0.3, -0.25) is 20.2 Å². The number of hydrogen-bond donors (Lipinski definition) is 1. The molecule has 1 aromatic heterocycles. The van der Waals surface area contributed by atoms with Crippen molar-refractivity contribution in [1.29, 1.82) is 0 Å². The topological polar surface area (TPSA) is 94.4 Å². The van der Waals surface area contributed by atoms with Crippen molar-refractivity contribution in [3.63, 3.8) is 0 Å². The average Bonchev–Trinajstić information content (AvgIpc) is 3.00. The van der Waals surface area contributed by atoms with Gasteiger partial charge in [0, 0.05) is 22.1 Å². The third-order valence-corrected chi connectivity index (χ3v) is 4.99. The molecular weight excluding hydrogens is 378 g/mol. The van der Waals surface area contributed by atoms with Gasteiger partial charge >= 0.3 is 0 Å². The molecule has 0 atom stereocenters. The lowest BCUT2D eigenvalue weighted by molar-refractivity contribution is -0.385. The molecule has 0 aliphatic heterocycles. The van der Waals surface area contributed by atoms with Gasteiger partial charge in [0.25, 0.3) is 11.6 Å². The zero-order valence-corrected chi connectivity index (χ0v) is 16.5. The zero-order chi connectivity index (χ0) is 20.3. The zero-order valence-electron chi connectivity index (χ0n) is 15.7. The van der Waals surface area contributed by atoms with Gasteiger partial charge in [0.15, 0.2) is 11.7 Å². The highest BCUT2D eigenvalue weighted by molar-refractivity contribution is 7.16. The molecule has 0 spiro atoms. The maximum atomic E-state index is 12.2. The lowest BCUT2D eigenvalue weighted by Gasteiger charge is -2.06. The van der Waals surface area contributed by atoms with E-state index in [-0.39, 0.29) is 18.2 Å². The van der Waals surface area contributed by atoms with Gasteiger partial charge < -0.3 is 4.74 Å². The van der Waals surface area contributed by atoms with Crippen molar-refractivity contribution in [2.45, 2.75) is 20.8 Å². The van der Waals surface area contributed by atoms with E-state index in [1.165, 1.54) is 35.1 Å². The SMILES string of the molecule is Cc1ccc(-c2nc(NC(=O)COc3ccc([N+](=O)[O-])c(C)c3)sc2C)cc1. The quantitative estimate of drug-likeness (QED) is 0.482. The summed E-state index contributed by atoms with van der Waals surface area (Å²) >= 11 is 1.40. The predicted octanol–water partition coefficient (Wildman–Crippen LogP) is 4.66. The number of aromatic nitrogens is 1. The molecule has 0 aliphatic rings. The Morgan fingerprint density at radius 2 is 1.89 bits per heavy atom. The summed E-state index contributed by atoms with van der Waals surface area (Å²) < 4.78 is 5.43. The number of carbonyl (C=O) groups is 1. The van der Waals surface area contributed by atoms with Gasteiger partial charge in [0.1, 0.15) is 5.75 Å². The number of hydrogen-bond acceptors (Lipinski definition) is 6. The molecule has 2 aromatic carbocycles. The van der Waals surface area contributed by atoms with Crippen molar-refractivity contribution in [3.8, 4) is 17.0 Å². The molecule has 0 radical (unpaired) electrons. The van der Waals surface area contributed by atoms with Crippen LogP contribution >= 0.6 is 11.3 Å². The summed E-state index contributed by atoms with van der Waals surface area (Å²) in [4.78, 5) is 28.1. The Morgan fingerprint density at radius 3 is 2.54 bits per heavy atom. The molecule has 1 N–H and O–H groups in total. The Balaban J connectivity index is 1.62. The molecule has 0 saturated carbocycles. The number of nitrogens with zero attached hydrogens (tertiary/aromatic N) is 2. The van der Waals surface area contributed by atoms with Crippen LogP contribution in [0, 0.1) is 30.9 Å². The monoisotopic (exact) mass is 397 g/mol. The summed E-state index contributed by atoms with van der Waals surface area (Å²) in [6.07, 6.45) is 0. The molecule has 144 valence electrons. The van der Waals surface area contributed by atoms with E-state index in [1.807, 2.05) is 38.1 Å². The number of thiazole rings is 1. The van der Waals surface area contributed by atoms with E-state index in [0.717, 1.165) is 16.1 Å². The molecule has 1 heterocycles. The van der Waals surface area contributed by atoms with Gasteiger partial charge in [-0.1, -0.05) is 29.8 Å². The molecule has 1 amide bonds. The number of benzene rings is 2. The van der Waals surface area contributed by atoms with E-state index in [0.29, 0.717) is 16.4 Å². The van der Waals surface area contributed by atoms with Crippen LogP contribution in [0.4, 0.5) is 10.8 Å². The second-order valence-electron chi connectivity index (χ2n) is 6.33. The van der Waals surface area contributed by atoms with Crippen LogP contribution in [0.1, 0.15) is 16.0 Å². The highest BCUT2D eigenvalue weighted by atomic mass is 32.1. The van der Waals surface area contributed by atoms with E-state index >= 15 is 0 Å². The highest BCUT2D eigenvalue weighted by Gasteiger charge is 2.14. The first-order valence-corrected chi connectivity index (χ1v) is 9.37. The summed E-state index contributed by atoms with van der Waals surface area (Å²) in [5.41, 5.74) is 3.49. The number of ether oxygens (including phenoxy) is 1. The van der Waals surface area contributed by atoms with Crippen LogP contribution in [0.15, 0.2) is 42.5 Å². The maximum Gasteiger partial charge on any atom is 0.272 e. The first-order chi connectivity index (χ1) is 13.3. The minimum Gasteiger partial charge on any atom is -0.484 e. The normalized spacial score (nSPS) is 10.5. The summed E-state index contributed by atoms with van der Waals surface area (Å²) in [5.74, 6) is 0.0501. The number of nitrogens with one attached hydrogen (secondary N) is 1. The van der Waals surface area contributed by atoms with E-state index < -0.39 is 4.92 Å². The largest absolute Gasteiger partial charge is 0.484 e. The van der Waals surface area contributed by atoms with E-state index in [1.54, 1.807) is 6.92 Å². The maximum absolute atomic E-state index is 12.2. The molecule has 0 fully saturated rings. The van der Waals surface area contributed by atoms with Crippen molar-refractivity contribution in [2.24, 2.45) is 0 Å². The molecule has 3 rings (SSSR count). The van der Waals surface area contributed by atoms with Gasteiger partial charge in [-0.05, 0) is 32.9 Å². The van der Waals surface area contributed by atoms with Gasteiger partial charge in [0.05, 0.1) is 10.6 Å². The Morgan fingerprint density at radius 1 is 1.18 bits per heavy atom. The lowest BCUT2D eigenvalue weighted by Crippen LogP contribution is -2.20. The van der Waals surface area contributed by atoms with Crippen LogP contribution in [-0.2, 0) is 4.79 Å². The van der Waals surface area contributed by atoms with Crippen molar-refractivity contribution in [2.75, 3.05) is 11.9 Å². The smallest absolute Gasteiger partial charge is 0.272 e. The van der Waals surface area contributed by atoms with Crippen molar-refractivity contribution >= 4 is 28.1 Å². The lowest BCUT2D eigenvalue weighted by atomic mass is 10.1. The molecule has 7 nitrogen and oxygen atoms in total. The summed E-state index contributed by atoms with van der Waals surface area (Å²) in [5, 5.41) is 14.1. The fourth-order valence-corrected chi connectivity index (χ4v) is 3.51. The van der Waals surface area contributed by atoms with Crippen LogP contribution in [0.25, 0.3) is 11.3 Å². The standard InChI is InChI=1S/C20H19N3O4S/c1-12-4-6-15(7-5-12)19-14(3)28-20(22-19)21-18(24)11-27-16-8-9-17(23(25)26)13(2)10-16/h4-10H,11H2,1-3H3,(H,21,22,24). The van der Waals surface area contributed by atoms with Gasteiger partial charge in [0.2, 0.25) is 0 Å². The predicted molar refractivity (Wildman–Crippen MR) is 109 cm³/mol. The summed E-state index contributed by atoms with van der Waals surface area (Å²) in [7, 11) is 0. The minimum atomic E-state index is -0.456. The molecule has 0 unspecified atom stereocenters. The number of aryl methyl sites for hydroxylation is 3. The van der Waals surface area contributed by atoms with E-state index in [9.17, 15) is 14.9 Å². The molecule has 0 aliphatic carbocycles. The second kappa shape index (κ2) is 8.18. The number of anilines is 1. The third-order valence-electron chi connectivity index (χ3n) is 4.10. The number of rotatable bonds is 6. The van der Waals surface area contributed by atoms with E-state index in [4.69, 9.17) is 4.74 Å². The van der Waals surface area contributed by atoms with Crippen LogP contribution < -0.4 is 10.1 Å². The van der Waals surface area contributed by atoms with Crippen molar-refractivity contribution in [1.82, 2.24) is 4.98 Å². The second-order valence-corrected chi connectivity index (χ2v) is 7.54. The molecule has 0 saturated heterocycles. The Bertz CT molecular complexity index is 1030. The van der Waals surface area contributed by atoms with Gasteiger partial charge in [-0.25, -0.2) is 4.98 Å². The number of carbonyl (C=O) groups excluding carboxylic acids is 1. The number of amides is 1. The minimum absolute atomic E-state index is 0.0127. The van der Waals surface area contributed by atoms with E-state index in [2.05, 4.69) is 10.3 Å². The Kier molecular flexibility index (Phi) is 5.70. The molecule has 28 heavy (non-hydrogen) atoms. The first kappa shape index (κ1) is 19.5. The molecule has 3 aromatic rings. The number of nitro benzene ring substituents is 1. The van der Waals surface area contributed by atoms with Gasteiger partial charge in [-0.15, -0.1) is 11.3 Å². The average molecular weight is 397 g/mol. The first-order valence-electron chi connectivity index (χ1n) is 8.55. The highest BCUT2D eigenvalue weighted by Crippen LogP contribution is 2.30. The van der Waals surface area contributed by atoms with Crippen LogP contribution in [0.3, 0.4) is 0 Å². The Hall–Kier alpha value is -3.26. The van der Waals surface area contributed by atoms with Crippen molar-refractivity contribution in [3.05, 3.63) is 68.6 Å². The molecular formula is C20H19N3O4S. The van der Waals surface area contributed by atoms with Gasteiger partial charge in [-0.2, -0.15) is 0 Å². The Labute approximate surface area is 166 Å².